The third-order valence-electron chi connectivity index (χ3n) is 4.36. The van der Waals surface area contributed by atoms with Gasteiger partial charge in [-0.25, -0.2) is 0 Å². The molecule has 0 aromatic carbocycles. The molecule has 0 heterocycles. The van der Waals surface area contributed by atoms with Gasteiger partial charge in [-0.05, 0) is 50.0 Å². The van der Waals surface area contributed by atoms with Gasteiger partial charge in [0.05, 0.1) is 0 Å². The largest absolute Gasteiger partial charge is 0.295 e. The lowest BCUT2D eigenvalue weighted by molar-refractivity contribution is -0.118. The first-order chi connectivity index (χ1) is 6.30. The fourth-order valence-electron chi connectivity index (χ4n) is 3.61. The van der Waals surface area contributed by atoms with Crippen molar-refractivity contribution in [3.8, 4) is 0 Å². The van der Waals surface area contributed by atoms with E-state index in [2.05, 4.69) is 0 Å². The van der Waals surface area contributed by atoms with Crippen LogP contribution in [0.4, 0.5) is 0 Å². The summed E-state index contributed by atoms with van der Waals surface area (Å²) in [6.07, 6.45) is 10.9. The van der Waals surface area contributed by atoms with Crippen LogP contribution in [0.15, 0.2) is 11.6 Å². The monoisotopic (exact) mass is 176 g/mol. The Balaban J connectivity index is 2.05. The Hall–Kier alpha value is -0.590. The zero-order chi connectivity index (χ0) is 8.89. The minimum absolute atomic E-state index is 0.404. The summed E-state index contributed by atoms with van der Waals surface area (Å²) < 4.78 is 0. The average Bonchev–Trinajstić information content (AvgIpc) is 2.50. The summed E-state index contributed by atoms with van der Waals surface area (Å²) in [5.41, 5.74) is 2.02. The Bertz CT molecular complexity index is 285. The molecule has 13 heavy (non-hydrogen) atoms. The first kappa shape index (κ1) is 7.78. The fourth-order valence-corrected chi connectivity index (χ4v) is 3.61. The third kappa shape index (κ3) is 0.962. The molecule has 0 amide bonds. The molecular formula is C12H16O. The standard InChI is InChI=1S/C12H16O/c13-11-7-10-3-1-2-5-12(10)6-4-9(11)8-12/h7,9H,1-6,8H2. The van der Waals surface area contributed by atoms with Crippen LogP contribution in [0.1, 0.15) is 44.9 Å². The van der Waals surface area contributed by atoms with Gasteiger partial charge in [-0.1, -0.05) is 12.0 Å². The van der Waals surface area contributed by atoms with Gasteiger partial charge in [-0.15, -0.1) is 0 Å². The number of hydrogen-bond acceptors (Lipinski definition) is 1. The van der Waals surface area contributed by atoms with Crippen molar-refractivity contribution in [1.82, 2.24) is 0 Å². The van der Waals surface area contributed by atoms with Crippen molar-refractivity contribution in [2.75, 3.05) is 0 Å². The molecule has 0 saturated heterocycles. The van der Waals surface area contributed by atoms with E-state index in [0.717, 1.165) is 0 Å². The van der Waals surface area contributed by atoms with E-state index in [9.17, 15) is 4.79 Å². The van der Waals surface area contributed by atoms with Crippen LogP contribution in [0, 0.1) is 11.3 Å². The van der Waals surface area contributed by atoms with Crippen LogP contribution in [0.2, 0.25) is 0 Å². The maximum atomic E-state index is 11.6. The van der Waals surface area contributed by atoms with E-state index >= 15 is 0 Å². The molecule has 3 rings (SSSR count). The molecule has 0 aliphatic heterocycles. The minimum atomic E-state index is 0.404. The molecular weight excluding hydrogens is 160 g/mol. The zero-order valence-corrected chi connectivity index (χ0v) is 8.01. The highest BCUT2D eigenvalue weighted by Gasteiger charge is 2.47. The molecule has 1 spiro atoms. The van der Waals surface area contributed by atoms with E-state index in [-0.39, 0.29) is 0 Å². The van der Waals surface area contributed by atoms with Crippen LogP contribution in [-0.2, 0) is 4.79 Å². The molecule has 0 radical (unpaired) electrons. The van der Waals surface area contributed by atoms with E-state index in [1.165, 1.54) is 50.5 Å². The lowest BCUT2D eigenvalue weighted by Crippen LogP contribution is -2.29. The second-order valence-electron chi connectivity index (χ2n) is 5.00. The fraction of sp³-hybridized carbons (Fsp3) is 0.750. The van der Waals surface area contributed by atoms with Gasteiger partial charge in [0.1, 0.15) is 0 Å². The Kier molecular flexibility index (Phi) is 1.47. The summed E-state index contributed by atoms with van der Waals surface area (Å²) in [4.78, 5) is 11.6. The van der Waals surface area contributed by atoms with Crippen LogP contribution >= 0.6 is 0 Å². The predicted molar refractivity (Wildman–Crippen MR) is 51.3 cm³/mol. The van der Waals surface area contributed by atoms with Gasteiger partial charge in [0.2, 0.25) is 0 Å². The van der Waals surface area contributed by atoms with Crippen molar-refractivity contribution in [1.29, 1.82) is 0 Å². The smallest absolute Gasteiger partial charge is 0.158 e. The summed E-state index contributed by atoms with van der Waals surface area (Å²) in [5.74, 6) is 0.840. The van der Waals surface area contributed by atoms with Crippen molar-refractivity contribution < 1.29 is 4.79 Å². The van der Waals surface area contributed by atoms with E-state index < -0.39 is 0 Å². The molecule has 1 heteroatoms. The second-order valence-corrected chi connectivity index (χ2v) is 5.00. The van der Waals surface area contributed by atoms with Gasteiger partial charge in [0.15, 0.2) is 5.78 Å². The van der Waals surface area contributed by atoms with Gasteiger partial charge in [-0.2, -0.15) is 0 Å². The van der Waals surface area contributed by atoms with Crippen molar-refractivity contribution in [2.45, 2.75) is 44.9 Å². The van der Waals surface area contributed by atoms with Gasteiger partial charge < -0.3 is 0 Å². The lowest BCUT2D eigenvalue weighted by Gasteiger charge is -2.38. The number of carbonyl (C=O) groups excluding carboxylic acids is 1. The summed E-state index contributed by atoms with van der Waals surface area (Å²) in [6.45, 7) is 0. The van der Waals surface area contributed by atoms with E-state index in [0.29, 0.717) is 17.1 Å². The molecule has 3 aliphatic carbocycles. The Morgan fingerprint density at radius 1 is 1.31 bits per heavy atom. The number of allylic oxidation sites excluding steroid dienone is 2. The van der Waals surface area contributed by atoms with Gasteiger partial charge >= 0.3 is 0 Å². The van der Waals surface area contributed by atoms with E-state index in [4.69, 9.17) is 0 Å². The molecule has 2 unspecified atom stereocenters. The number of rotatable bonds is 0. The maximum absolute atomic E-state index is 11.6. The first-order valence-corrected chi connectivity index (χ1v) is 5.55. The molecule has 2 fully saturated rings. The normalized spacial score (nSPS) is 42.9. The average molecular weight is 176 g/mol. The van der Waals surface area contributed by atoms with Gasteiger partial charge in [0, 0.05) is 5.92 Å². The van der Waals surface area contributed by atoms with Crippen LogP contribution in [-0.4, -0.2) is 5.78 Å². The molecule has 0 N–H and O–H groups in total. The molecule has 1 nitrogen and oxygen atoms in total. The maximum Gasteiger partial charge on any atom is 0.158 e. The summed E-state index contributed by atoms with van der Waals surface area (Å²) in [7, 11) is 0. The Morgan fingerprint density at radius 3 is 3.15 bits per heavy atom. The van der Waals surface area contributed by atoms with Crippen LogP contribution in [0.3, 0.4) is 0 Å². The number of ketones is 1. The minimum Gasteiger partial charge on any atom is -0.295 e. The molecule has 0 aromatic rings. The van der Waals surface area contributed by atoms with Crippen LogP contribution in [0.5, 0.6) is 0 Å². The highest BCUT2D eigenvalue weighted by molar-refractivity contribution is 5.94. The molecule has 2 bridgehead atoms. The van der Waals surface area contributed by atoms with Gasteiger partial charge in [0.25, 0.3) is 0 Å². The van der Waals surface area contributed by atoms with Crippen molar-refractivity contribution >= 4 is 5.78 Å². The van der Waals surface area contributed by atoms with Gasteiger partial charge in [-0.3, -0.25) is 4.79 Å². The van der Waals surface area contributed by atoms with E-state index in [1.807, 2.05) is 6.08 Å². The highest BCUT2D eigenvalue weighted by Crippen LogP contribution is 2.56. The Morgan fingerprint density at radius 2 is 2.23 bits per heavy atom. The first-order valence-electron chi connectivity index (χ1n) is 5.55. The second kappa shape index (κ2) is 2.46. The lowest BCUT2D eigenvalue weighted by atomic mass is 9.66. The SMILES string of the molecule is O=C1C=C2CCCCC23CCC1C3. The summed E-state index contributed by atoms with van der Waals surface area (Å²) >= 11 is 0. The highest BCUT2D eigenvalue weighted by atomic mass is 16.1. The summed E-state index contributed by atoms with van der Waals surface area (Å²) in [5, 5.41) is 0. The van der Waals surface area contributed by atoms with Crippen molar-refractivity contribution in [3.63, 3.8) is 0 Å². The quantitative estimate of drug-likeness (QED) is 0.554. The third-order valence-corrected chi connectivity index (χ3v) is 4.36. The van der Waals surface area contributed by atoms with Crippen LogP contribution in [0.25, 0.3) is 0 Å². The zero-order valence-electron chi connectivity index (χ0n) is 8.01. The Labute approximate surface area is 79.2 Å². The number of carbonyl (C=O) groups is 1. The van der Waals surface area contributed by atoms with Crippen LogP contribution < -0.4 is 0 Å². The van der Waals surface area contributed by atoms with Crippen molar-refractivity contribution in [3.05, 3.63) is 11.6 Å². The molecule has 0 aromatic heterocycles. The van der Waals surface area contributed by atoms with E-state index in [1.54, 1.807) is 0 Å². The number of hydrogen-bond donors (Lipinski definition) is 0. The molecule has 2 atom stereocenters. The summed E-state index contributed by atoms with van der Waals surface area (Å²) in [6, 6.07) is 0. The predicted octanol–water partition coefficient (Wildman–Crippen LogP) is 2.86. The van der Waals surface area contributed by atoms with Crippen molar-refractivity contribution in [2.24, 2.45) is 11.3 Å². The molecule has 3 aliphatic rings. The topological polar surface area (TPSA) is 17.1 Å². The number of fused-ring (bicyclic) bond motifs is 1. The molecule has 2 saturated carbocycles. The molecule has 70 valence electrons.